The van der Waals surface area contributed by atoms with Crippen molar-refractivity contribution in [1.29, 1.82) is 0 Å². The van der Waals surface area contributed by atoms with Crippen LogP contribution in [-0.4, -0.2) is 54.4 Å². The predicted octanol–water partition coefficient (Wildman–Crippen LogP) is 1.53. The molecule has 2 unspecified atom stereocenters. The number of halogens is 3. The summed E-state index contributed by atoms with van der Waals surface area (Å²) in [6, 6.07) is 6.19. The first-order chi connectivity index (χ1) is 15.8. The van der Waals surface area contributed by atoms with Gasteiger partial charge in [0.25, 0.3) is 5.91 Å². The van der Waals surface area contributed by atoms with Gasteiger partial charge in [-0.2, -0.15) is 5.10 Å². The molecule has 2 atom stereocenters. The highest BCUT2D eigenvalue weighted by atomic mass is 35.5. The number of tetrazole rings is 1. The van der Waals surface area contributed by atoms with Gasteiger partial charge in [-0.25, -0.2) is 18.5 Å². The maximum absolute atomic E-state index is 13.5. The molecule has 10 nitrogen and oxygen atoms in total. The number of hydrazone groups is 1. The van der Waals surface area contributed by atoms with Gasteiger partial charge in [-0.05, 0) is 51.9 Å². The van der Waals surface area contributed by atoms with Crippen molar-refractivity contribution in [2.75, 3.05) is 0 Å². The van der Waals surface area contributed by atoms with E-state index in [1.165, 1.54) is 17.2 Å². The van der Waals surface area contributed by atoms with Crippen molar-refractivity contribution in [3.8, 4) is 5.69 Å². The molecular formula is C20H16ClF2N7O3. The summed E-state index contributed by atoms with van der Waals surface area (Å²) in [5.41, 5.74) is 0.905. The average Bonchev–Trinajstić information content (AvgIpc) is 3.48. The Balaban J connectivity index is 1.47. The third-order valence-electron chi connectivity index (χ3n) is 4.88. The van der Waals surface area contributed by atoms with Crippen LogP contribution in [0.15, 0.2) is 47.8 Å². The van der Waals surface area contributed by atoms with E-state index < -0.39 is 35.6 Å². The summed E-state index contributed by atoms with van der Waals surface area (Å²) in [5.74, 6) is -3.45. The van der Waals surface area contributed by atoms with Gasteiger partial charge in [-0.15, -0.1) is 5.10 Å². The van der Waals surface area contributed by atoms with Gasteiger partial charge in [0.05, 0.1) is 5.69 Å². The van der Waals surface area contributed by atoms with Crippen molar-refractivity contribution < 1.29 is 23.5 Å². The molecule has 170 valence electrons. The lowest BCUT2D eigenvalue weighted by Gasteiger charge is -2.24. The number of nitrogens with zero attached hydrogens (tertiary/aromatic N) is 6. The summed E-state index contributed by atoms with van der Waals surface area (Å²) in [5, 5.41) is 29.1. The Kier molecular flexibility index (Phi) is 6.38. The lowest BCUT2D eigenvalue weighted by molar-refractivity contribution is -0.146. The fourth-order valence-electron chi connectivity index (χ4n) is 3.34. The Morgan fingerprint density at radius 3 is 2.67 bits per heavy atom. The maximum atomic E-state index is 13.5. The zero-order chi connectivity index (χ0) is 23.5. The van der Waals surface area contributed by atoms with Gasteiger partial charge in [0.1, 0.15) is 24.0 Å². The van der Waals surface area contributed by atoms with Crippen LogP contribution in [0.5, 0.6) is 0 Å². The number of aromatic nitrogens is 4. The van der Waals surface area contributed by atoms with Gasteiger partial charge in [0.2, 0.25) is 5.91 Å². The first-order valence-corrected chi connectivity index (χ1v) is 10.0. The van der Waals surface area contributed by atoms with Crippen molar-refractivity contribution in [3.05, 3.63) is 70.5 Å². The number of carbonyl (C=O) groups is 2. The van der Waals surface area contributed by atoms with Crippen molar-refractivity contribution in [2.24, 2.45) is 5.10 Å². The smallest absolute Gasteiger partial charge is 0.276 e. The largest absolute Gasteiger partial charge is 0.378 e. The third-order valence-corrected chi connectivity index (χ3v) is 5.12. The number of benzene rings is 2. The Morgan fingerprint density at radius 1 is 1.21 bits per heavy atom. The Hall–Kier alpha value is -3.77. The molecule has 1 aliphatic heterocycles. The van der Waals surface area contributed by atoms with E-state index in [4.69, 9.17) is 11.6 Å². The van der Waals surface area contributed by atoms with Crippen LogP contribution < -0.4 is 5.32 Å². The first kappa shape index (κ1) is 22.4. The lowest BCUT2D eigenvalue weighted by Crippen LogP contribution is -2.46. The zero-order valence-corrected chi connectivity index (χ0v) is 17.5. The number of amides is 2. The molecule has 1 aromatic heterocycles. The maximum Gasteiger partial charge on any atom is 0.276 e. The third kappa shape index (κ3) is 4.86. The standard InChI is InChI=1S/C20H16ClF2N7O3/c21-13-1-2-16(29-10-25-27-28-29)12(5-13)9-24-19(32)17-3-4-26-30(17)20(33)18(31)11-6-14(22)8-15(23)7-11/h1-2,4-8,10,17-18,31H,3,9H2,(H,24,32). The first-order valence-electron chi connectivity index (χ1n) is 9.62. The molecule has 1 aliphatic rings. The monoisotopic (exact) mass is 475 g/mol. The van der Waals surface area contributed by atoms with Gasteiger partial charge >= 0.3 is 0 Å². The number of rotatable bonds is 6. The van der Waals surface area contributed by atoms with Gasteiger partial charge in [-0.1, -0.05) is 11.6 Å². The molecule has 0 saturated carbocycles. The van der Waals surface area contributed by atoms with E-state index in [0.29, 0.717) is 22.3 Å². The van der Waals surface area contributed by atoms with Crippen LogP contribution in [-0.2, 0) is 16.1 Å². The molecule has 0 radical (unpaired) electrons. The zero-order valence-electron chi connectivity index (χ0n) is 16.8. The SMILES string of the molecule is O=C(NCc1cc(Cl)ccc1-n1cnnn1)C1CC=NN1C(=O)C(O)c1cc(F)cc(F)c1. The van der Waals surface area contributed by atoms with Crippen molar-refractivity contribution in [2.45, 2.75) is 25.1 Å². The van der Waals surface area contributed by atoms with E-state index in [1.807, 2.05) is 0 Å². The fraction of sp³-hybridized carbons (Fsp3) is 0.200. The van der Waals surface area contributed by atoms with Crippen LogP contribution in [0, 0.1) is 11.6 Å². The van der Waals surface area contributed by atoms with Gasteiger partial charge in [0.15, 0.2) is 6.10 Å². The normalized spacial score (nSPS) is 16.1. The van der Waals surface area contributed by atoms with Crippen LogP contribution in [0.3, 0.4) is 0 Å². The minimum Gasteiger partial charge on any atom is -0.378 e. The van der Waals surface area contributed by atoms with Crippen molar-refractivity contribution in [3.63, 3.8) is 0 Å². The van der Waals surface area contributed by atoms with E-state index in [1.54, 1.807) is 18.2 Å². The molecule has 3 aromatic rings. The summed E-state index contributed by atoms with van der Waals surface area (Å²) in [6.45, 7) is 0.0325. The van der Waals surface area contributed by atoms with Crippen LogP contribution in [0.4, 0.5) is 8.78 Å². The van der Waals surface area contributed by atoms with E-state index >= 15 is 0 Å². The molecule has 4 rings (SSSR count). The van der Waals surface area contributed by atoms with E-state index in [-0.39, 0.29) is 18.5 Å². The molecule has 0 fully saturated rings. The highest BCUT2D eigenvalue weighted by molar-refractivity contribution is 6.30. The molecule has 2 heterocycles. The Bertz CT molecular complexity index is 1200. The van der Waals surface area contributed by atoms with E-state index in [0.717, 1.165) is 17.1 Å². The minimum atomic E-state index is -1.90. The second-order valence-corrected chi connectivity index (χ2v) is 7.52. The highest BCUT2D eigenvalue weighted by Crippen LogP contribution is 2.23. The molecule has 33 heavy (non-hydrogen) atoms. The van der Waals surface area contributed by atoms with Crippen molar-refractivity contribution in [1.82, 2.24) is 30.5 Å². The average molecular weight is 476 g/mol. The number of aliphatic hydroxyl groups is 1. The van der Waals surface area contributed by atoms with Gasteiger partial charge < -0.3 is 10.4 Å². The number of nitrogens with one attached hydrogen (secondary N) is 1. The minimum absolute atomic E-state index is 0.0325. The summed E-state index contributed by atoms with van der Waals surface area (Å²) in [6.07, 6.45) is 0.917. The number of aliphatic hydroxyl groups excluding tert-OH is 1. The molecular weight excluding hydrogens is 460 g/mol. The van der Waals surface area contributed by atoms with Gasteiger partial charge in [-0.3, -0.25) is 9.59 Å². The van der Waals surface area contributed by atoms with Crippen LogP contribution in [0.2, 0.25) is 5.02 Å². The lowest BCUT2D eigenvalue weighted by atomic mass is 10.1. The topological polar surface area (TPSA) is 126 Å². The Morgan fingerprint density at radius 2 is 1.97 bits per heavy atom. The summed E-state index contributed by atoms with van der Waals surface area (Å²) in [7, 11) is 0. The number of hydrogen-bond acceptors (Lipinski definition) is 7. The second kappa shape index (κ2) is 9.38. The summed E-state index contributed by atoms with van der Waals surface area (Å²) < 4.78 is 28.3. The molecule has 0 bridgehead atoms. The molecule has 0 aliphatic carbocycles. The molecule has 0 saturated heterocycles. The highest BCUT2D eigenvalue weighted by Gasteiger charge is 2.36. The molecule has 13 heteroatoms. The van der Waals surface area contributed by atoms with E-state index in [2.05, 4.69) is 25.9 Å². The quantitative estimate of drug-likeness (QED) is 0.557. The molecule has 2 amide bonds. The number of carbonyl (C=O) groups excluding carboxylic acids is 2. The Labute approximate surface area is 190 Å². The molecule has 2 N–H and O–H groups in total. The van der Waals surface area contributed by atoms with E-state index in [9.17, 15) is 23.5 Å². The number of hydrogen-bond donors (Lipinski definition) is 2. The molecule has 0 spiro atoms. The van der Waals surface area contributed by atoms with Crippen LogP contribution in [0.25, 0.3) is 5.69 Å². The molecule has 2 aromatic carbocycles. The second-order valence-electron chi connectivity index (χ2n) is 7.08. The van der Waals surface area contributed by atoms with Crippen LogP contribution >= 0.6 is 11.6 Å². The van der Waals surface area contributed by atoms with Crippen molar-refractivity contribution >= 4 is 29.6 Å². The predicted molar refractivity (Wildman–Crippen MR) is 111 cm³/mol. The summed E-state index contributed by atoms with van der Waals surface area (Å²) in [4.78, 5) is 25.5. The van der Waals surface area contributed by atoms with Gasteiger partial charge in [0, 0.05) is 30.3 Å². The van der Waals surface area contributed by atoms with Crippen LogP contribution in [0.1, 0.15) is 23.7 Å². The fourth-order valence-corrected chi connectivity index (χ4v) is 3.53. The summed E-state index contributed by atoms with van der Waals surface area (Å²) >= 11 is 6.07.